The van der Waals surface area contributed by atoms with Crippen molar-refractivity contribution in [1.29, 1.82) is 0 Å². The van der Waals surface area contributed by atoms with E-state index in [-0.39, 0.29) is 24.3 Å². The molecule has 1 aliphatic rings. The van der Waals surface area contributed by atoms with E-state index in [0.717, 1.165) is 22.9 Å². The fourth-order valence-corrected chi connectivity index (χ4v) is 3.72. The number of thioether (sulfide) groups is 1. The van der Waals surface area contributed by atoms with Gasteiger partial charge < -0.3 is 14.2 Å². The van der Waals surface area contributed by atoms with Crippen molar-refractivity contribution in [3.63, 3.8) is 0 Å². The number of carbonyl (C=O) groups excluding carboxylic acids is 2. The summed E-state index contributed by atoms with van der Waals surface area (Å²) in [6.45, 7) is 4.84. The van der Waals surface area contributed by atoms with Crippen LogP contribution in [0.25, 0.3) is 6.08 Å². The van der Waals surface area contributed by atoms with E-state index in [0.29, 0.717) is 28.8 Å². The van der Waals surface area contributed by atoms with E-state index in [4.69, 9.17) is 14.2 Å². The third-order valence-corrected chi connectivity index (χ3v) is 5.14. The largest absolute Gasteiger partial charge is 0.493 e. The van der Waals surface area contributed by atoms with Crippen molar-refractivity contribution in [2.45, 2.75) is 13.8 Å². The minimum Gasteiger partial charge on any atom is -0.493 e. The molecule has 1 heterocycles. The van der Waals surface area contributed by atoms with Gasteiger partial charge in [0, 0.05) is 0 Å². The smallest absolute Gasteiger partial charge is 0.293 e. The fraction of sp³-hybridized carbons (Fsp3) is 0.273. The summed E-state index contributed by atoms with van der Waals surface area (Å²) in [4.78, 5) is 26.5. The van der Waals surface area contributed by atoms with Gasteiger partial charge in [-0.2, -0.15) is 0 Å². The van der Waals surface area contributed by atoms with E-state index in [1.54, 1.807) is 25.3 Å². The van der Waals surface area contributed by atoms with Gasteiger partial charge in [0.1, 0.15) is 12.4 Å². The number of amides is 2. The van der Waals surface area contributed by atoms with Crippen LogP contribution in [-0.2, 0) is 4.79 Å². The van der Waals surface area contributed by atoms with Crippen LogP contribution in [-0.4, -0.2) is 42.9 Å². The summed E-state index contributed by atoms with van der Waals surface area (Å²) in [6.07, 6.45) is 1.69. The standard InChI is InChI=1S/C22H23NO5S/c1-4-27-18-9-8-16(13-19(18)26-3)14-20-21(24)23(22(25)29-20)10-11-28-17-7-5-6-15(2)12-17/h5-9,12-14H,4,10-11H2,1-3H3/b20-14-. The first-order chi connectivity index (χ1) is 14.0. The van der Waals surface area contributed by atoms with E-state index >= 15 is 0 Å². The van der Waals surface area contributed by atoms with Gasteiger partial charge in [0.15, 0.2) is 11.5 Å². The minimum atomic E-state index is -0.319. The van der Waals surface area contributed by atoms with Gasteiger partial charge in [-0.25, -0.2) is 0 Å². The third kappa shape index (κ3) is 5.12. The van der Waals surface area contributed by atoms with E-state index in [2.05, 4.69) is 0 Å². The second-order valence-corrected chi connectivity index (χ2v) is 7.33. The van der Waals surface area contributed by atoms with Crippen LogP contribution in [0, 0.1) is 6.92 Å². The number of rotatable bonds is 8. The molecule has 0 aromatic heterocycles. The maximum atomic E-state index is 12.6. The molecule has 0 aliphatic carbocycles. The highest BCUT2D eigenvalue weighted by atomic mass is 32.2. The molecule has 2 aromatic rings. The molecule has 2 amide bonds. The summed E-state index contributed by atoms with van der Waals surface area (Å²) in [5.74, 6) is 1.61. The molecule has 1 aliphatic heterocycles. The van der Waals surface area contributed by atoms with Gasteiger partial charge in [0.05, 0.1) is 25.2 Å². The van der Waals surface area contributed by atoms with E-state index in [9.17, 15) is 9.59 Å². The van der Waals surface area contributed by atoms with Crippen molar-refractivity contribution in [3.05, 3.63) is 58.5 Å². The molecule has 29 heavy (non-hydrogen) atoms. The van der Waals surface area contributed by atoms with Gasteiger partial charge >= 0.3 is 0 Å². The van der Waals surface area contributed by atoms with E-state index in [1.165, 1.54) is 4.90 Å². The summed E-state index contributed by atoms with van der Waals surface area (Å²) in [6, 6.07) is 13.0. The van der Waals surface area contributed by atoms with Crippen molar-refractivity contribution < 1.29 is 23.8 Å². The molecule has 3 rings (SSSR count). The molecule has 0 saturated carbocycles. The number of nitrogens with zero attached hydrogens (tertiary/aromatic N) is 1. The van der Waals surface area contributed by atoms with Crippen molar-refractivity contribution in [2.24, 2.45) is 0 Å². The van der Waals surface area contributed by atoms with Crippen LogP contribution in [0.15, 0.2) is 47.4 Å². The molecular formula is C22H23NO5S. The van der Waals surface area contributed by atoms with Crippen LogP contribution in [0.3, 0.4) is 0 Å². The molecule has 0 atom stereocenters. The lowest BCUT2D eigenvalue weighted by molar-refractivity contribution is -0.123. The molecule has 0 bridgehead atoms. The zero-order chi connectivity index (χ0) is 20.8. The molecule has 7 heteroatoms. The lowest BCUT2D eigenvalue weighted by Gasteiger charge is -2.13. The van der Waals surface area contributed by atoms with Gasteiger partial charge in [-0.05, 0) is 67.1 Å². The second-order valence-electron chi connectivity index (χ2n) is 6.34. The molecule has 0 radical (unpaired) electrons. The lowest BCUT2D eigenvalue weighted by Crippen LogP contribution is -2.32. The monoisotopic (exact) mass is 413 g/mol. The minimum absolute atomic E-state index is 0.197. The Balaban J connectivity index is 1.66. The summed E-state index contributed by atoms with van der Waals surface area (Å²) < 4.78 is 16.5. The van der Waals surface area contributed by atoms with Crippen LogP contribution in [0.4, 0.5) is 4.79 Å². The summed E-state index contributed by atoms with van der Waals surface area (Å²) in [5.41, 5.74) is 1.84. The van der Waals surface area contributed by atoms with E-state index in [1.807, 2.05) is 44.2 Å². The molecule has 152 valence electrons. The van der Waals surface area contributed by atoms with Gasteiger partial charge in [-0.1, -0.05) is 18.2 Å². The number of imide groups is 1. The van der Waals surface area contributed by atoms with Crippen molar-refractivity contribution in [3.8, 4) is 17.2 Å². The van der Waals surface area contributed by atoms with Crippen LogP contribution in [0.1, 0.15) is 18.1 Å². The molecule has 1 saturated heterocycles. The highest BCUT2D eigenvalue weighted by Crippen LogP contribution is 2.34. The van der Waals surface area contributed by atoms with Crippen LogP contribution in [0.2, 0.25) is 0 Å². The first-order valence-electron chi connectivity index (χ1n) is 9.27. The second kappa shape index (κ2) is 9.52. The number of hydrogen-bond donors (Lipinski definition) is 0. The quantitative estimate of drug-likeness (QED) is 0.593. The predicted molar refractivity (Wildman–Crippen MR) is 114 cm³/mol. The Hall–Kier alpha value is -2.93. The first-order valence-corrected chi connectivity index (χ1v) is 10.1. The van der Waals surface area contributed by atoms with Gasteiger partial charge in [-0.15, -0.1) is 0 Å². The Morgan fingerprint density at radius 1 is 1.07 bits per heavy atom. The Labute approximate surface area is 174 Å². The zero-order valence-electron chi connectivity index (χ0n) is 16.6. The van der Waals surface area contributed by atoms with Crippen LogP contribution >= 0.6 is 11.8 Å². The average molecular weight is 413 g/mol. The molecule has 2 aromatic carbocycles. The summed E-state index contributed by atoms with van der Waals surface area (Å²) in [7, 11) is 1.56. The molecule has 6 nitrogen and oxygen atoms in total. The lowest BCUT2D eigenvalue weighted by atomic mass is 10.2. The van der Waals surface area contributed by atoms with Crippen LogP contribution in [0.5, 0.6) is 17.2 Å². The Bertz CT molecular complexity index is 941. The van der Waals surface area contributed by atoms with Crippen molar-refractivity contribution in [1.82, 2.24) is 4.90 Å². The molecule has 1 fully saturated rings. The number of carbonyl (C=O) groups is 2. The topological polar surface area (TPSA) is 65.1 Å². The zero-order valence-corrected chi connectivity index (χ0v) is 17.5. The van der Waals surface area contributed by atoms with E-state index < -0.39 is 0 Å². The molecule has 0 unspecified atom stereocenters. The first kappa shape index (κ1) is 20.8. The summed E-state index contributed by atoms with van der Waals surface area (Å²) >= 11 is 0.924. The average Bonchev–Trinajstić information content (AvgIpc) is 2.96. The number of methoxy groups -OCH3 is 1. The summed E-state index contributed by atoms with van der Waals surface area (Å²) in [5, 5.41) is -0.299. The van der Waals surface area contributed by atoms with Gasteiger partial charge in [-0.3, -0.25) is 14.5 Å². The predicted octanol–water partition coefficient (Wildman–Crippen LogP) is 4.52. The normalized spacial score (nSPS) is 15.1. The molecule has 0 spiro atoms. The molecular weight excluding hydrogens is 390 g/mol. The number of benzene rings is 2. The number of hydrogen-bond acceptors (Lipinski definition) is 6. The Morgan fingerprint density at radius 2 is 1.90 bits per heavy atom. The van der Waals surface area contributed by atoms with Gasteiger partial charge in [0.25, 0.3) is 11.1 Å². The van der Waals surface area contributed by atoms with Crippen LogP contribution < -0.4 is 14.2 Å². The number of aryl methyl sites for hydroxylation is 1. The highest BCUT2D eigenvalue weighted by molar-refractivity contribution is 8.18. The Morgan fingerprint density at radius 3 is 2.62 bits per heavy atom. The number of ether oxygens (including phenoxy) is 3. The third-order valence-electron chi connectivity index (χ3n) is 4.23. The highest BCUT2D eigenvalue weighted by Gasteiger charge is 2.34. The van der Waals surface area contributed by atoms with Crippen molar-refractivity contribution in [2.75, 3.05) is 26.9 Å². The SMILES string of the molecule is CCOc1ccc(/C=C2\SC(=O)N(CCOc3cccc(C)c3)C2=O)cc1OC. The maximum absolute atomic E-state index is 12.6. The Kier molecular flexibility index (Phi) is 6.82. The fourth-order valence-electron chi connectivity index (χ4n) is 2.85. The maximum Gasteiger partial charge on any atom is 0.293 e. The van der Waals surface area contributed by atoms with Crippen molar-refractivity contribution >= 4 is 29.0 Å². The molecule has 0 N–H and O–H groups in total. The van der Waals surface area contributed by atoms with Gasteiger partial charge in [0.2, 0.25) is 0 Å².